The molecule has 1 N–H and O–H groups in total. The van der Waals surface area contributed by atoms with Crippen LogP contribution in [0.15, 0.2) is 36.7 Å². The Hall–Kier alpha value is -2.36. The van der Waals surface area contributed by atoms with Crippen molar-refractivity contribution in [3.05, 3.63) is 42.2 Å². The van der Waals surface area contributed by atoms with Crippen molar-refractivity contribution in [2.75, 3.05) is 7.11 Å². The Morgan fingerprint density at radius 3 is 2.80 bits per heavy atom. The van der Waals surface area contributed by atoms with E-state index >= 15 is 0 Å². The number of hydrogen-bond donors (Lipinski definition) is 1. The highest BCUT2D eigenvalue weighted by atomic mass is 16.5. The summed E-state index contributed by atoms with van der Waals surface area (Å²) in [6, 6.07) is 8.12. The number of carbonyl (C=O) groups is 1. The molecule has 0 spiro atoms. The molecule has 1 saturated carbocycles. The largest absolute Gasteiger partial charge is 0.468 e. The number of methoxy groups -OCH3 is 1. The molecule has 0 amide bonds. The quantitative estimate of drug-likeness (QED) is 0.725. The molecular weight excluding hydrogens is 252 g/mol. The Labute approximate surface area is 115 Å². The summed E-state index contributed by atoms with van der Waals surface area (Å²) < 4.78 is 4.95. The van der Waals surface area contributed by atoms with Gasteiger partial charge in [-0.25, -0.2) is 0 Å². The number of ether oxygens (including phenoxy) is 1. The van der Waals surface area contributed by atoms with Gasteiger partial charge < -0.3 is 9.72 Å². The van der Waals surface area contributed by atoms with Gasteiger partial charge in [0.2, 0.25) is 0 Å². The number of rotatable bonds is 2. The minimum Gasteiger partial charge on any atom is -0.468 e. The zero-order chi connectivity index (χ0) is 13.7. The summed E-state index contributed by atoms with van der Waals surface area (Å²) in [7, 11) is 1.45. The summed E-state index contributed by atoms with van der Waals surface area (Å²) in [5, 5.41) is 2.20. The average Bonchev–Trinajstić information content (AvgIpc) is 3.22. The Balaban J connectivity index is 1.95. The lowest BCUT2D eigenvalue weighted by atomic mass is 9.94. The van der Waals surface area contributed by atoms with Gasteiger partial charge in [0.15, 0.2) is 0 Å². The summed E-state index contributed by atoms with van der Waals surface area (Å²) in [4.78, 5) is 19.5. The van der Waals surface area contributed by atoms with Gasteiger partial charge in [0.1, 0.15) is 0 Å². The van der Waals surface area contributed by atoms with Crippen molar-refractivity contribution < 1.29 is 9.53 Å². The van der Waals surface area contributed by atoms with Crippen LogP contribution in [0.2, 0.25) is 0 Å². The Kier molecular flexibility index (Phi) is 2.19. The number of nitrogens with zero attached hydrogens (tertiary/aromatic N) is 1. The minimum atomic E-state index is -0.422. The molecular formula is C16H14N2O2. The predicted molar refractivity (Wildman–Crippen MR) is 76.5 cm³/mol. The monoisotopic (exact) mass is 266 g/mol. The van der Waals surface area contributed by atoms with Gasteiger partial charge >= 0.3 is 5.97 Å². The number of aromatic nitrogens is 2. The van der Waals surface area contributed by atoms with Crippen molar-refractivity contribution in [3.8, 4) is 0 Å². The molecule has 0 aliphatic heterocycles. The average molecular weight is 266 g/mol. The molecule has 0 radical (unpaired) electrons. The highest BCUT2D eigenvalue weighted by Gasteiger charge is 2.52. The van der Waals surface area contributed by atoms with Crippen LogP contribution in [0.1, 0.15) is 18.4 Å². The molecule has 20 heavy (non-hydrogen) atoms. The van der Waals surface area contributed by atoms with E-state index in [0.717, 1.165) is 40.2 Å². The fraction of sp³-hybridized carbons (Fsp3) is 0.250. The molecule has 1 aliphatic carbocycles. The highest BCUT2D eigenvalue weighted by molar-refractivity contribution is 6.07. The number of nitrogens with one attached hydrogen (secondary N) is 1. The number of hydrogen-bond acceptors (Lipinski definition) is 3. The van der Waals surface area contributed by atoms with E-state index in [1.165, 1.54) is 7.11 Å². The van der Waals surface area contributed by atoms with Crippen molar-refractivity contribution in [3.63, 3.8) is 0 Å². The van der Waals surface area contributed by atoms with Crippen LogP contribution in [-0.4, -0.2) is 23.0 Å². The van der Waals surface area contributed by atoms with Crippen molar-refractivity contribution in [1.29, 1.82) is 0 Å². The van der Waals surface area contributed by atoms with Crippen LogP contribution < -0.4 is 0 Å². The number of fused-ring (bicyclic) bond motifs is 3. The predicted octanol–water partition coefficient (Wildman–Crippen LogP) is 2.92. The van der Waals surface area contributed by atoms with E-state index in [-0.39, 0.29) is 5.97 Å². The lowest BCUT2D eigenvalue weighted by Gasteiger charge is -2.12. The van der Waals surface area contributed by atoms with Crippen molar-refractivity contribution >= 4 is 27.8 Å². The molecule has 2 heterocycles. The summed E-state index contributed by atoms with van der Waals surface area (Å²) in [6.07, 6.45) is 5.36. The summed E-state index contributed by atoms with van der Waals surface area (Å²) >= 11 is 0. The first-order chi connectivity index (χ1) is 9.74. The third-order valence-corrected chi connectivity index (χ3v) is 4.28. The number of H-pyrrole nitrogens is 1. The number of esters is 1. The van der Waals surface area contributed by atoms with Crippen LogP contribution in [0.5, 0.6) is 0 Å². The Morgan fingerprint density at radius 1 is 1.25 bits per heavy atom. The first kappa shape index (κ1) is 11.5. The molecule has 0 saturated heterocycles. The van der Waals surface area contributed by atoms with Crippen LogP contribution in [0, 0.1) is 0 Å². The molecule has 1 fully saturated rings. The molecule has 4 rings (SSSR count). The topological polar surface area (TPSA) is 55.0 Å². The van der Waals surface area contributed by atoms with Crippen LogP contribution in [0.25, 0.3) is 21.8 Å². The van der Waals surface area contributed by atoms with Gasteiger partial charge in [0, 0.05) is 34.2 Å². The second-order valence-electron chi connectivity index (χ2n) is 5.38. The van der Waals surface area contributed by atoms with Gasteiger partial charge in [-0.15, -0.1) is 0 Å². The second-order valence-corrected chi connectivity index (χ2v) is 5.38. The molecule has 100 valence electrons. The number of carbonyl (C=O) groups excluding carboxylic acids is 1. The number of pyridine rings is 1. The lowest BCUT2D eigenvalue weighted by Crippen LogP contribution is -2.21. The van der Waals surface area contributed by atoms with Crippen molar-refractivity contribution in [2.45, 2.75) is 18.3 Å². The van der Waals surface area contributed by atoms with Crippen molar-refractivity contribution in [2.24, 2.45) is 0 Å². The second kappa shape index (κ2) is 3.82. The fourth-order valence-electron chi connectivity index (χ4n) is 2.97. The normalized spacial score (nSPS) is 16.4. The first-order valence-electron chi connectivity index (χ1n) is 6.69. The van der Waals surface area contributed by atoms with Gasteiger partial charge in [0.25, 0.3) is 0 Å². The molecule has 1 aliphatic rings. The Bertz CT molecular complexity index is 831. The Morgan fingerprint density at radius 2 is 2.05 bits per heavy atom. The molecule has 0 unspecified atom stereocenters. The molecule has 4 nitrogen and oxygen atoms in total. The molecule has 1 aromatic carbocycles. The molecule has 0 atom stereocenters. The van der Waals surface area contributed by atoms with Crippen LogP contribution in [-0.2, 0) is 14.9 Å². The zero-order valence-corrected chi connectivity index (χ0v) is 11.1. The smallest absolute Gasteiger partial charge is 0.316 e. The summed E-state index contributed by atoms with van der Waals surface area (Å²) in [5.74, 6) is -0.130. The fourth-order valence-corrected chi connectivity index (χ4v) is 2.97. The van der Waals surface area contributed by atoms with E-state index in [1.807, 2.05) is 24.4 Å². The first-order valence-corrected chi connectivity index (χ1v) is 6.69. The maximum atomic E-state index is 12.0. The number of aromatic amines is 1. The number of benzene rings is 1. The van der Waals surface area contributed by atoms with Crippen molar-refractivity contribution in [1.82, 2.24) is 9.97 Å². The third kappa shape index (κ3) is 1.42. The SMILES string of the molecule is COC(=O)C1(c2ccc3[nH]c4ccncc4c3c2)CC1. The molecule has 0 bridgehead atoms. The highest BCUT2D eigenvalue weighted by Crippen LogP contribution is 2.49. The van der Waals surface area contributed by atoms with Gasteiger partial charge in [-0.2, -0.15) is 0 Å². The van der Waals surface area contributed by atoms with E-state index in [4.69, 9.17) is 4.74 Å². The summed E-state index contributed by atoms with van der Waals surface area (Å²) in [6.45, 7) is 0. The minimum absolute atomic E-state index is 0.130. The molecule has 3 aromatic rings. The van der Waals surface area contributed by atoms with E-state index in [1.54, 1.807) is 6.20 Å². The van der Waals surface area contributed by atoms with E-state index in [0.29, 0.717) is 0 Å². The van der Waals surface area contributed by atoms with Gasteiger partial charge in [0.05, 0.1) is 12.5 Å². The maximum absolute atomic E-state index is 12.0. The third-order valence-electron chi connectivity index (χ3n) is 4.28. The summed E-state index contributed by atoms with van der Waals surface area (Å²) in [5.41, 5.74) is 2.75. The van der Waals surface area contributed by atoms with E-state index < -0.39 is 5.41 Å². The van der Waals surface area contributed by atoms with Gasteiger partial charge in [-0.1, -0.05) is 6.07 Å². The van der Waals surface area contributed by atoms with Crippen LogP contribution in [0.4, 0.5) is 0 Å². The van der Waals surface area contributed by atoms with Gasteiger partial charge in [-0.05, 0) is 36.6 Å². The van der Waals surface area contributed by atoms with Gasteiger partial charge in [-0.3, -0.25) is 9.78 Å². The van der Waals surface area contributed by atoms with E-state index in [2.05, 4.69) is 16.0 Å². The molecule has 4 heteroatoms. The standard InChI is InChI=1S/C16H14N2O2/c1-20-15(19)16(5-6-16)10-2-3-13-11(8-10)12-9-17-7-4-14(12)18-13/h2-4,7-9,18H,5-6H2,1H3. The maximum Gasteiger partial charge on any atom is 0.316 e. The zero-order valence-electron chi connectivity index (χ0n) is 11.1. The van der Waals surface area contributed by atoms with Crippen LogP contribution in [0.3, 0.4) is 0 Å². The van der Waals surface area contributed by atoms with Crippen LogP contribution >= 0.6 is 0 Å². The lowest BCUT2D eigenvalue weighted by molar-refractivity contribution is -0.143. The molecule has 2 aromatic heterocycles. The van der Waals surface area contributed by atoms with E-state index in [9.17, 15) is 4.79 Å².